The smallest absolute Gasteiger partial charge is 0.260 e. The summed E-state index contributed by atoms with van der Waals surface area (Å²) < 4.78 is 5.56. The van der Waals surface area contributed by atoms with Crippen molar-refractivity contribution >= 4 is 17.5 Å². The third-order valence-electron chi connectivity index (χ3n) is 3.06. The molecule has 0 saturated carbocycles. The van der Waals surface area contributed by atoms with E-state index in [1.165, 1.54) is 0 Å². The minimum absolute atomic E-state index is 0.194. The Labute approximate surface area is 125 Å². The van der Waals surface area contributed by atoms with E-state index in [2.05, 4.69) is 5.32 Å². The molecule has 0 bridgehead atoms. The Balaban J connectivity index is 2.43. The van der Waals surface area contributed by atoms with Crippen LogP contribution in [0.15, 0.2) is 18.2 Å². The second kappa shape index (κ2) is 8.12. The summed E-state index contributed by atoms with van der Waals surface area (Å²) in [6.45, 7) is 5.92. The number of aliphatic hydroxyl groups is 1. The van der Waals surface area contributed by atoms with Crippen molar-refractivity contribution in [2.45, 2.75) is 45.8 Å². The van der Waals surface area contributed by atoms with Gasteiger partial charge in [-0.3, -0.25) is 4.79 Å². The number of amides is 1. The quantitative estimate of drug-likeness (QED) is 0.814. The molecule has 0 fully saturated rings. The summed E-state index contributed by atoms with van der Waals surface area (Å²) in [5.74, 6) is 0.420. The molecule has 4 nitrogen and oxygen atoms in total. The van der Waals surface area contributed by atoms with E-state index in [9.17, 15) is 9.90 Å². The van der Waals surface area contributed by atoms with E-state index in [1.54, 1.807) is 25.1 Å². The number of benzene rings is 1. The summed E-state index contributed by atoms with van der Waals surface area (Å²) in [5, 5.41) is 12.8. The summed E-state index contributed by atoms with van der Waals surface area (Å²) in [4.78, 5) is 11.8. The van der Waals surface area contributed by atoms with E-state index in [0.717, 1.165) is 5.56 Å². The van der Waals surface area contributed by atoms with Gasteiger partial charge in [-0.1, -0.05) is 18.5 Å². The first-order chi connectivity index (χ1) is 9.43. The van der Waals surface area contributed by atoms with E-state index >= 15 is 0 Å². The second-order valence-corrected chi connectivity index (χ2v) is 5.22. The molecule has 1 rings (SSSR count). The van der Waals surface area contributed by atoms with E-state index in [1.807, 2.05) is 13.8 Å². The van der Waals surface area contributed by atoms with Crippen LogP contribution in [0.2, 0.25) is 5.02 Å². The zero-order chi connectivity index (χ0) is 15.1. The molecule has 1 aromatic rings. The number of ether oxygens (including phenoxy) is 1. The molecule has 0 aliphatic carbocycles. The third-order valence-corrected chi connectivity index (χ3v) is 3.48. The maximum atomic E-state index is 11.8. The Bertz CT molecular complexity index is 451. The molecule has 2 N–H and O–H groups in total. The van der Waals surface area contributed by atoms with Gasteiger partial charge in [-0.05, 0) is 50.5 Å². The maximum Gasteiger partial charge on any atom is 0.260 e. The highest BCUT2D eigenvalue weighted by atomic mass is 35.5. The third kappa shape index (κ3) is 5.39. The van der Waals surface area contributed by atoms with Gasteiger partial charge in [0.1, 0.15) is 5.75 Å². The van der Waals surface area contributed by atoms with Gasteiger partial charge in [0.05, 0.1) is 6.10 Å². The number of carbonyl (C=O) groups is 1. The van der Waals surface area contributed by atoms with Crippen LogP contribution in [0.25, 0.3) is 0 Å². The lowest BCUT2D eigenvalue weighted by Gasteiger charge is -2.16. The van der Waals surface area contributed by atoms with Crippen molar-refractivity contribution in [3.63, 3.8) is 0 Å². The number of aryl methyl sites for hydroxylation is 1. The van der Waals surface area contributed by atoms with Gasteiger partial charge in [-0.25, -0.2) is 0 Å². The molecule has 0 radical (unpaired) electrons. The Hall–Kier alpha value is -1.26. The van der Waals surface area contributed by atoms with Gasteiger partial charge in [0.25, 0.3) is 5.91 Å². The first-order valence-corrected chi connectivity index (χ1v) is 7.20. The molecule has 1 aromatic carbocycles. The van der Waals surface area contributed by atoms with Gasteiger partial charge in [0.15, 0.2) is 6.10 Å². The van der Waals surface area contributed by atoms with Gasteiger partial charge < -0.3 is 15.2 Å². The van der Waals surface area contributed by atoms with Crippen LogP contribution >= 0.6 is 11.6 Å². The average molecular weight is 300 g/mol. The Morgan fingerprint density at radius 1 is 1.50 bits per heavy atom. The normalized spacial score (nSPS) is 13.7. The van der Waals surface area contributed by atoms with Crippen molar-refractivity contribution in [1.29, 1.82) is 0 Å². The lowest BCUT2D eigenvalue weighted by Crippen LogP contribution is -2.37. The molecule has 2 unspecified atom stereocenters. The average Bonchev–Trinajstić information content (AvgIpc) is 2.42. The van der Waals surface area contributed by atoms with E-state index in [4.69, 9.17) is 16.3 Å². The predicted octanol–water partition coefficient (Wildman–Crippen LogP) is 2.69. The van der Waals surface area contributed by atoms with Crippen LogP contribution < -0.4 is 10.1 Å². The minimum Gasteiger partial charge on any atom is -0.481 e. The summed E-state index contributed by atoms with van der Waals surface area (Å²) in [6.07, 6.45) is 0.279. The van der Waals surface area contributed by atoms with Gasteiger partial charge >= 0.3 is 0 Å². The number of rotatable bonds is 7. The molecule has 0 aromatic heterocycles. The van der Waals surface area contributed by atoms with Crippen LogP contribution in [0.3, 0.4) is 0 Å². The van der Waals surface area contributed by atoms with Crippen LogP contribution in [0, 0.1) is 6.92 Å². The van der Waals surface area contributed by atoms with E-state index < -0.39 is 6.10 Å². The molecule has 1 amide bonds. The fourth-order valence-electron chi connectivity index (χ4n) is 1.66. The van der Waals surface area contributed by atoms with Crippen LogP contribution in [0.4, 0.5) is 0 Å². The van der Waals surface area contributed by atoms with Gasteiger partial charge in [0, 0.05) is 11.6 Å². The fraction of sp³-hybridized carbons (Fsp3) is 0.533. The molecule has 20 heavy (non-hydrogen) atoms. The minimum atomic E-state index is -0.589. The Morgan fingerprint density at radius 3 is 2.80 bits per heavy atom. The first kappa shape index (κ1) is 16.8. The molecule has 0 saturated heterocycles. The van der Waals surface area contributed by atoms with Crippen molar-refractivity contribution in [2.24, 2.45) is 0 Å². The molecule has 5 heteroatoms. The molecule has 112 valence electrons. The molecular weight excluding hydrogens is 278 g/mol. The number of carbonyl (C=O) groups excluding carboxylic acids is 1. The van der Waals surface area contributed by atoms with Crippen molar-refractivity contribution < 1.29 is 14.6 Å². The topological polar surface area (TPSA) is 58.6 Å². The SMILES string of the molecule is CCC(O)CCNC(=O)C(C)Oc1ccc(Cl)c(C)c1. The standard InChI is InChI=1S/C15H22ClNO3/c1-4-12(18)7-8-17-15(19)11(3)20-13-5-6-14(16)10(2)9-13/h5-6,9,11-12,18H,4,7-8H2,1-3H3,(H,17,19). The second-order valence-electron chi connectivity index (χ2n) is 4.81. The molecular formula is C15H22ClNO3. The lowest BCUT2D eigenvalue weighted by molar-refractivity contribution is -0.127. The highest BCUT2D eigenvalue weighted by Crippen LogP contribution is 2.21. The summed E-state index contributed by atoms with van der Waals surface area (Å²) in [7, 11) is 0. The first-order valence-electron chi connectivity index (χ1n) is 6.82. The summed E-state index contributed by atoms with van der Waals surface area (Å²) >= 11 is 5.93. The molecule has 0 aliphatic heterocycles. The monoisotopic (exact) mass is 299 g/mol. The lowest BCUT2D eigenvalue weighted by atomic mass is 10.2. The molecule has 2 atom stereocenters. The Morgan fingerprint density at radius 2 is 2.20 bits per heavy atom. The highest BCUT2D eigenvalue weighted by Gasteiger charge is 2.14. The number of halogens is 1. The summed E-state index contributed by atoms with van der Waals surface area (Å²) in [6, 6.07) is 5.28. The van der Waals surface area contributed by atoms with Crippen LogP contribution in [0.1, 0.15) is 32.3 Å². The van der Waals surface area contributed by atoms with Gasteiger partial charge in [0.2, 0.25) is 0 Å². The van der Waals surface area contributed by atoms with Gasteiger partial charge in [-0.2, -0.15) is 0 Å². The zero-order valence-electron chi connectivity index (χ0n) is 12.1. The predicted molar refractivity (Wildman–Crippen MR) is 80.2 cm³/mol. The number of hydrogen-bond acceptors (Lipinski definition) is 3. The Kier molecular flexibility index (Phi) is 6.82. The number of hydrogen-bond donors (Lipinski definition) is 2. The van der Waals surface area contributed by atoms with Crippen LogP contribution in [-0.4, -0.2) is 29.8 Å². The molecule has 0 heterocycles. The highest BCUT2D eigenvalue weighted by molar-refractivity contribution is 6.31. The number of aliphatic hydroxyl groups excluding tert-OH is 1. The van der Waals surface area contributed by atoms with Crippen LogP contribution in [0.5, 0.6) is 5.75 Å². The molecule has 0 spiro atoms. The van der Waals surface area contributed by atoms with Crippen molar-refractivity contribution in [3.8, 4) is 5.75 Å². The zero-order valence-corrected chi connectivity index (χ0v) is 12.9. The van der Waals surface area contributed by atoms with E-state index in [0.29, 0.717) is 30.2 Å². The largest absolute Gasteiger partial charge is 0.481 e. The van der Waals surface area contributed by atoms with Crippen LogP contribution in [-0.2, 0) is 4.79 Å². The fourth-order valence-corrected chi connectivity index (χ4v) is 1.78. The molecule has 0 aliphatic rings. The van der Waals surface area contributed by atoms with Gasteiger partial charge in [-0.15, -0.1) is 0 Å². The van der Waals surface area contributed by atoms with Crippen molar-refractivity contribution in [2.75, 3.05) is 6.54 Å². The summed E-state index contributed by atoms with van der Waals surface area (Å²) in [5.41, 5.74) is 0.905. The van der Waals surface area contributed by atoms with Crippen molar-refractivity contribution in [1.82, 2.24) is 5.32 Å². The van der Waals surface area contributed by atoms with Crippen molar-refractivity contribution in [3.05, 3.63) is 28.8 Å². The van der Waals surface area contributed by atoms with E-state index in [-0.39, 0.29) is 12.0 Å². The maximum absolute atomic E-state index is 11.8. The number of nitrogens with one attached hydrogen (secondary N) is 1.